The third-order valence-electron chi connectivity index (χ3n) is 4.50. The highest BCUT2D eigenvalue weighted by Gasteiger charge is 2.16. The van der Waals surface area contributed by atoms with Gasteiger partial charge in [-0.1, -0.05) is 34.1 Å². The number of hydrogen-bond acceptors (Lipinski definition) is 7. The van der Waals surface area contributed by atoms with Crippen molar-refractivity contribution in [1.29, 1.82) is 0 Å². The van der Waals surface area contributed by atoms with Gasteiger partial charge in [-0.25, -0.2) is 4.98 Å². The number of nitro benzene ring substituents is 1. The van der Waals surface area contributed by atoms with Gasteiger partial charge in [0.2, 0.25) is 5.13 Å². The number of nitro groups is 1. The van der Waals surface area contributed by atoms with E-state index in [9.17, 15) is 14.9 Å². The first kappa shape index (κ1) is 20.8. The molecule has 2 aromatic carbocycles. The van der Waals surface area contributed by atoms with Gasteiger partial charge in [0.05, 0.1) is 22.0 Å². The molecule has 0 spiro atoms. The molecule has 0 aliphatic heterocycles. The van der Waals surface area contributed by atoms with Crippen molar-refractivity contribution in [1.82, 2.24) is 14.8 Å². The first-order valence-electron chi connectivity index (χ1n) is 9.04. The van der Waals surface area contributed by atoms with Gasteiger partial charge in [0.15, 0.2) is 5.69 Å². The molecule has 4 rings (SSSR count). The number of non-ortho nitro benzene ring substituents is 1. The zero-order valence-electron chi connectivity index (χ0n) is 16.4. The van der Waals surface area contributed by atoms with Crippen LogP contribution in [0.2, 0.25) is 0 Å². The van der Waals surface area contributed by atoms with Crippen molar-refractivity contribution >= 4 is 44.3 Å². The lowest BCUT2D eigenvalue weighted by molar-refractivity contribution is -0.384. The fourth-order valence-electron chi connectivity index (χ4n) is 2.82. The summed E-state index contributed by atoms with van der Waals surface area (Å²) >= 11 is 4.69. The second kappa shape index (κ2) is 8.36. The summed E-state index contributed by atoms with van der Waals surface area (Å²) < 4.78 is 2.20. The number of aromatic nitrogens is 3. The van der Waals surface area contributed by atoms with Crippen LogP contribution in [0.3, 0.4) is 0 Å². The smallest absolute Gasteiger partial charge is 0.291 e. The minimum atomic E-state index is -0.459. The van der Waals surface area contributed by atoms with Gasteiger partial charge in [0.1, 0.15) is 0 Å². The summed E-state index contributed by atoms with van der Waals surface area (Å²) in [6.45, 7) is 3.70. The fourth-order valence-corrected chi connectivity index (χ4v) is 3.98. The maximum absolute atomic E-state index is 12.9. The second-order valence-electron chi connectivity index (χ2n) is 6.68. The minimum absolute atomic E-state index is 0.0228. The molecule has 0 fully saturated rings. The Labute approximate surface area is 188 Å². The van der Waals surface area contributed by atoms with Gasteiger partial charge < -0.3 is 0 Å². The lowest BCUT2D eigenvalue weighted by Gasteiger charge is -1.97. The van der Waals surface area contributed by atoms with E-state index in [1.165, 1.54) is 28.2 Å². The normalized spacial score (nSPS) is 11.3. The Kier molecular flexibility index (Phi) is 5.61. The molecule has 2 aromatic heterocycles. The summed E-state index contributed by atoms with van der Waals surface area (Å²) in [5.41, 5.74) is 3.15. The van der Waals surface area contributed by atoms with E-state index in [0.717, 1.165) is 10.0 Å². The van der Waals surface area contributed by atoms with Crippen molar-refractivity contribution in [3.8, 4) is 16.4 Å². The topological polar surface area (TPSA) is 119 Å². The third-order valence-corrected chi connectivity index (χ3v) is 6.18. The number of nitrogens with one attached hydrogen (secondary N) is 1. The summed E-state index contributed by atoms with van der Waals surface area (Å²) in [6, 6.07) is 11.7. The van der Waals surface area contributed by atoms with Crippen molar-refractivity contribution < 1.29 is 4.92 Å². The number of halogens is 1. The largest absolute Gasteiger partial charge is 0.301 e. The first-order chi connectivity index (χ1) is 14.8. The molecule has 2 heterocycles. The number of benzene rings is 2. The van der Waals surface area contributed by atoms with Gasteiger partial charge in [0.25, 0.3) is 5.69 Å². The van der Waals surface area contributed by atoms with Crippen molar-refractivity contribution in [2.75, 3.05) is 0 Å². The molecular formula is C20H15BrN6O3S. The van der Waals surface area contributed by atoms with Gasteiger partial charge in [-0.2, -0.15) is 9.80 Å². The van der Waals surface area contributed by atoms with E-state index in [1.807, 2.05) is 25.1 Å². The van der Waals surface area contributed by atoms with Gasteiger partial charge >= 0.3 is 5.56 Å². The third kappa shape index (κ3) is 4.23. The Morgan fingerprint density at radius 2 is 2.00 bits per heavy atom. The molecule has 0 bridgehead atoms. The molecule has 0 saturated carbocycles. The lowest BCUT2D eigenvalue weighted by atomic mass is 10.1. The van der Waals surface area contributed by atoms with Gasteiger partial charge in [0, 0.05) is 27.5 Å². The van der Waals surface area contributed by atoms with Crippen molar-refractivity contribution in [2.24, 2.45) is 10.2 Å². The van der Waals surface area contributed by atoms with Crippen LogP contribution in [0.1, 0.15) is 11.3 Å². The van der Waals surface area contributed by atoms with Crippen LogP contribution in [0.25, 0.3) is 16.4 Å². The van der Waals surface area contributed by atoms with Gasteiger partial charge in [-0.15, -0.1) is 16.5 Å². The molecule has 0 atom stereocenters. The molecule has 0 amide bonds. The Morgan fingerprint density at radius 3 is 2.74 bits per heavy atom. The van der Waals surface area contributed by atoms with Crippen LogP contribution >= 0.6 is 27.3 Å². The summed E-state index contributed by atoms with van der Waals surface area (Å²) in [6.07, 6.45) is 0. The number of hydrogen-bond donors (Lipinski definition) is 1. The van der Waals surface area contributed by atoms with Crippen LogP contribution in [0.15, 0.2) is 67.3 Å². The number of H-pyrrole nitrogens is 1. The first-order valence-corrected chi connectivity index (χ1v) is 10.7. The van der Waals surface area contributed by atoms with Gasteiger partial charge in [-0.3, -0.25) is 20.0 Å². The number of nitrogens with zero attached hydrogens (tertiary/aromatic N) is 5. The molecule has 31 heavy (non-hydrogen) atoms. The summed E-state index contributed by atoms with van der Waals surface area (Å²) in [5.74, 6) is 0. The number of aryl methyl sites for hydroxylation is 2. The zero-order valence-corrected chi connectivity index (χ0v) is 18.8. The number of thiazole rings is 1. The molecule has 0 saturated heterocycles. The fraction of sp³-hybridized carbons (Fsp3) is 0.100. The van der Waals surface area contributed by atoms with E-state index >= 15 is 0 Å². The predicted molar refractivity (Wildman–Crippen MR) is 122 cm³/mol. The van der Waals surface area contributed by atoms with Gasteiger partial charge in [-0.05, 0) is 31.5 Å². The van der Waals surface area contributed by atoms with Crippen molar-refractivity contribution in [3.63, 3.8) is 0 Å². The Hall–Kier alpha value is -3.44. The summed E-state index contributed by atoms with van der Waals surface area (Å²) in [5, 5.41) is 24.4. The summed E-state index contributed by atoms with van der Waals surface area (Å²) in [7, 11) is 0. The average Bonchev–Trinajstić information content (AvgIpc) is 3.34. The average molecular weight is 499 g/mol. The van der Waals surface area contributed by atoms with E-state index < -0.39 is 4.92 Å². The van der Waals surface area contributed by atoms with Crippen LogP contribution in [-0.4, -0.2) is 19.7 Å². The molecular weight excluding hydrogens is 484 g/mol. The molecule has 0 aliphatic rings. The minimum Gasteiger partial charge on any atom is -0.291 e. The molecule has 4 aromatic rings. The molecule has 1 N–H and O–H groups in total. The van der Waals surface area contributed by atoms with Crippen LogP contribution in [0.4, 0.5) is 17.1 Å². The molecule has 0 aliphatic carbocycles. The Bertz CT molecular complexity index is 1390. The highest BCUT2D eigenvalue weighted by molar-refractivity contribution is 9.10. The van der Waals surface area contributed by atoms with Crippen LogP contribution in [0, 0.1) is 24.0 Å². The standard InChI is InChI=1S/C20H15BrN6O3S/c1-11-6-7-14(9-16(11)21)23-24-18-12(2)25-26(19(18)28)20-22-17(10-31-20)13-4-3-5-15(8-13)27(29)30/h3-10,25H,1-2H3. The van der Waals surface area contributed by atoms with E-state index in [-0.39, 0.29) is 16.9 Å². The Balaban J connectivity index is 1.66. The summed E-state index contributed by atoms with van der Waals surface area (Å²) in [4.78, 5) is 27.9. The molecule has 0 unspecified atom stereocenters. The maximum Gasteiger partial charge on any atom is 0.301 e. The SMILES string of the molecule is Cc1ccc(N=Nc2c(C)[nH]n(-c3nc(-c4cccc([N+](=O)[O-])c4)cs3)c2=O)cc1Br. The predicted octanol–water partition coefficient (Wildman–Crippen LogP) is 5.99. The van der Waals surface area contributed by atoms with Crippen molar-refractivity contribution in [3.05, 3.63) is 84.0 Å². The number of azo groups is 1. The number of rotatable bonds is 5. The molecule has 11 heteroatoms. The van der Waals surface area contributed by atoms with Crippen molar-refractivity contribution in [2.45, 2.75) is 13.8 Å². The highest BCUT2D eigenvalue weighted by Crippen LogP contribution is 2.28. The number of aromatic amines is 1. The monoisotopic (exact) mass is 498 g/mol. The van der Waals surface area contributed by atoms with E-state index in [4.69, 9.17) is 0 Å². The quantitative estimate of drug-likeness (QED) is 0.206. The van der Waals surface area contributed by atoms with E-state index in [0.29, 0.717) is 27.8 Å². The van der Waals surface area contributed by atoms with Crippen LogP contribution < -0.4 is 5.56 Å². The maximum atomic E-state index is 12.9. The molecule has 9 nitrogen and oxygen atoms in total. The van der Waals surface area contributed by atoms with E-state index in [1.54, 1.807) is 24.4 Å². The molecule has 156 valence electrons. The zero-order chi connectivity index (χ0) is 22.1. The van der Waals surface area contributed by atoms with E-state index in [2.05, 4.69) is 36.2 Å². The lowest BCUT2D eigenvalue weighted by Crippen LogP contribution is -2.13. The van der Waals surface area contributed by atoms with Crippen LogP contribution in [-0.2, 0) is 0 Å². The van der Waals surface area contributed by atoms with Crippen LogP contribution in [0.5, 0.6) is 0 Å². The molecule has 0 radical (unpaired) electrons. The Morgan fingerprint density at radius 1 is 1.19 bits per heavy atom. The second-order valence-corrected chi connectivity index (χ2v) is 8.37. The highest BCUT2D eigenvalue weighted by atomic mass is 79.9.